The molecular weight excluding hydrogens is 196 g/mol. The zero-order valence-corrected chi connectivity index (χ0v) is 11.1. The Morgan fingerprint density at radius 2 is 2.06 bits per heavy atom. The lowest BCUT2D eigenvalue weighted by molar-refractivity contribution is 0.0459. The van der Waals surface area contributed by atoms with Crippen molar-refractivity contribution in [3.8, 4) is 0 Å². The number of piperidine rings is 2. The van der Waals surface area contributed by atoms with Gasteiger partial charge in [-0.1, -0.05) is 26.7 Å². The molecule has 1 N–H and O–H groups in total. The Bertz CT molecular complexity index is 209. The van der Waals surface area contributed by atoms with Crippen molar-refractivity contribution in [1.29, 1.82) is 0 Å². The van der Waals surface area contributed by atoms with Crippen LogP contribution in [0.15, 0.2) is 0 Å². The molecule has 0 amide bonds. The number of nitrogens with zero attached hydrogens (tertiary/aromatic N) is 1. The van der Waals surface area contributed by atoms with Gasteiger partial charge < -0.3 is 5.32 Å². The van der Waals surface area contributed by atoms with Crippen molar-refractivity contribution in [2.45, 2.75) is 70.4 Å². The van der Waals surface area contributed by atoms with E-state index in [4.69, 9.17) is 0 Å². The fourth-order valence-corrected chi connectivity index (χ4v) is 3.81. The third-order valence-electron chi connectivity index (χ3n) is 4.82. The monoisotopic (exact) mass is 224 g/mol. The van der Waals surface area contributed by atoms with Crippen LogP contribution >= 0.6 is 0 Å². The minimum atomic E-state index is 0.439. The summed E-state index contributed by atoms with van der Waals surface area (Å²) in [5.41, 5.74) is 0.439. The Kier molecular flexibility index (Phi) is 4.26. The summed E-state index contributed by atoms with van der Waals surface area (Å²) in [5, 5.41) is 3.87. The molecule has 2 atom stereocenters. The second-order valence-electron chi connectivity index (χ2n) is 5.53. The molecule has 0 radical (unpaired) electrons. The number of hydrogen-bond donors (Lipinski definition) is 1. The Morgan fingerprint density at radius 1 is 1.19 bits per heavy atom. The molecule has 0 aromatic rings. The number of rotatable bonds is 3. The molecule has 2 rings (SSSR count). The van der Waals surface area contributed by atoms with Crippen LogP contribution in [0.3, 0.4) is 0 Å². The Labute approximate surface area is 101 Å². The van der Waals surface area contributed by atoms with Gasteiger partial charge in [-0.3, -0.25) is 4.90 Å². The topological polar surface area (TPSA) is 15.3 Å². The van der Waals surface area contributed by atoms with Crippen molar-refractivity contribution in [2.75, 3.05) is 19.6 Å². The maximum atomic E-state index is 3.87. The second-order valence-corrected chi connectivity index (χ2v) is 5.53. The second kappa shape index (κ2) is 5.50. The van der Waals surface area contributed by atoms with E-state index in [1.807, 2.05) is 0 Å². The SMILES string of the molecule is CCN1CCCCC1C1(CC)CCCCN1. The molecule has 2 aliphatic rings. The van der Waals surface area contributed by atoms with Gasteiger partial charge >= 0.3 is 0 Å². The van der Waals surface area contributed by atoms with E-state index in [0.29, 0.717) is 5.54 Å². The van der Waals surface area contributed by atoms with Gasteiger partial charge in [-0.15, -0.1) is 0 Å². The van der Waals surface area contributed by atoms with Crippen LogP contribution < -0.4 is 5.32 Å². The van der Waals surface area contributed by atoms with Gasteiger partial charge in [-0.05, 0) is 51.7 Å². The van der Waals surface area contributed by atoms with Crippen LogP contribution in [0, 0.1) is 0 Å². The van der Waals surface area contributed by atoms with Gasteiger partial charge in [0.05, 0.1) is 0 Å². The maximum Gasteiger partial charge on any atom is 0.0334 e. The van der Waals surface area contributed by atoms with Crippen LogP contribution in [-0.2, 0) is 0 Å². The zero-order valence-electron chi connectivity index (χ0n) is 11.1. The summed E-state index contributed by atoms with van der Waals surface area (Å²) in [7, 11) is 0. The van der Waals surface area contributed by atoms with E-state index < -0.39 is 0 Å². The molecule has 94 valence electrons. The first-order chi connectivity index (χ1) is 7.82. The average Bonchev–Trinajstić information content (AvgIpc) is 2.39. The third-order valence-corrected chi connectivity index (χ3v) is 4.82. The molecule has 2 nitrogen and oxygen atoms in total. The van der Waals surface area contributed by atoms with Gasteiger partial charge in [-0.2, -0.15) is 0 Å². The van der Waals surface area contributed by atoms with E-state index in [9.17, 15) is 0 Å². The molecule has 2 aliphatic heterocycles. The van der Waals surface area contributed by atoms with E-state index >= 15 is 0 Å². The molecular formula is C14H28N2. The molecule has 2 heterocycles. The first kappa shape index (κ1) is 12.4. The fraction of sp³-hybridized carbons (Fsp3) is 1.00. The number of hydrogen-bond acceptors (Lipinski definition) is 2. The van der Waals surface area contributed by atoms with E-state index in [1.54, 1.807) is 0 Å². The maximum absolute atomic E-state index is 3.87. The minimum Gasteiger partial charge on any atom is -0.310 e. The molecule has 0 spiro atoms. The molecule has 0 bridgehead atoms. The first-order valence-corrected chi connectivity index (χ1v) is 7.31. The van der Waals surface area contributed by atoms with Crippen LogP contribution in [0.5, 0.6) is 0 Å². The summed E-state index contributed by atoms with van der Waals surface area (Å²) in [4.78, 5) is 2.73. The standard InChI is InChI=1S/C14H28N2/c1-3-14(10-6-7-11-15-14)13-9-5-8-12-16(13)4-2/h13,15H,3-12H2,1-2H3. The van der Waals surface area contributed by atoms with Crippen molar-refractivity contribution in [2.24, 2.45) is 0 Å². The van der Waals surface area contributed by atoms with Crippen molar-refractivity contribution >= 4 is 0 Å². The number of likely N-dealkylation sites (tertiary alicyclic amines) is 1. The highest BCUT2D eigenvalue weighted by atomic mass is 15.2. The van der Waals surface area contributed by atoms with Crippen molar-refractivity contribution < 1.29 is 0 Å². The lowest BCUT2D eigenvalue weighted by Crippen LogP contribution is -2.63. The van der Waals surface area contributed by atoms with Crippen LogP contribution in [0.1, 0.15) is 58.8 Å². The van der Waals surface area contributed by atoms with E-state index in [0.717, 1.165) is 6.04 Å². The number of nitrogens with one attached hydrogen (secondary N) is 1. The van der Waals surface area contributed by atoms with Gasteiger partial charge in [0.2, 0.25) is 0 Å². The van der Waals surface area contributed by atoms with Gasteiger partial charge in [0.25, 0.3) is 0 Å². The molecule has 0 saturated carbocycles. The van der Waals surface area contributed by atoms with Crippen LogP contribution in [0.2, 0.25) is 0 Å². The summed E-state index contributed by atoms with van der Waals surface area (Å²) in [6.45, 7) is 8.49. The highest BCUT2D eigenvalue weighted by Crippen LogP contribution is 2.34. The largest absolute Gasteiger partial charge is 0.310 e. The van der Waals surface area contributed by atoms with E-state index in [2.05, 4.69) is 24.1 Å². The van der Waals surface area contributed by atoms with Gasteiger partial charge in [0.1, 0.15) is 0 Å². The molecule has 2 heteroatoms. The first-order valence-electron chi connectivity index (χ1n) is 7.31. The Hall–Kier alpha value is -0.0800. The average molecular weight is 224 g/mol. The van der Waals surface area contributed by atoms with Crippen molar-refractivity contribution in [3.05, 3.63) is 0 Å². The lowest BCUT2D eigenvalue weighted by atomic mass is 9.76. The summed E-state index contributed by atoms with van der Waals surface area (Å²) < 4.78 is 0. The van der Waals surface area contributed by atoms with Crippen LogP contribution in [-0.4, -0.2) is 36.1 Å². The molecule has 2 saturated heterocycles. The molecule has 2 fully saturated rings. The predicted molar refractivity (Wildman–Crippen MR) is 69.8 cm³/mol. The van der Waals surface area contributed by atoms with E-state index in [1.165, 1.54) is 64.6 Å². The molecule has 0 aromatic heterocycles. The smallest absolute Gasteiger partial charge is 0.0334 e. The lowest BCUT2D eigenvalue weighted by Gasteiger charge is -2.50. The predicted octanol–water partition coefficient (Wildman–Crippen LogP) is 2.78. The highest BCUT2D eigenvalue weighted by Gasteiger charge is 2.41. The quantitative estimate of drug-likeness (QED) is 0.793. The zero-order chi connectivity index (χ0) is 11.4. The summed E-state index contributed by atoms with van der Waals surface area (Å²) in [6, 6.07) is 0.802. The molecule has 0 aliphatic carbocycles. The molecule has 2 unspecified atom stereocenters. The Balaban J connectivity index is 2.10. The Morgan fingerprint density at radius 3 is 2.69 bits per heavy atom. The number of likely N-dealkylation sites (N-methyl/N-ethyl adjacent to an activating group) is 1. The third kappa shape index (κ3) is 2.28. The molecule has 0 aromatic carbocycles. The van der Waals surface area contributed by atoms with Gasteiger partial charge in [0.15, 0.2) is 0 Å². The van der Waals surface area contributed by atoms with Crippen LogP contribution in [0.25, 0.3) is 0 Å². The van der Waals surface area contributed by atoms with E-state index in [-0.39, 0.29) is 0 Å². The molecule has 16 heavy (non-hydrogen) atoms. The van der Waals surface area contributed by atoms with Gasteiger partial charge in [0, 0.05) is 11.6 Å². The normalized spacial score (nSPS) is 37.5. The van der Waals surface area contributed by atoms with Crippen LogP contribution in [0.4, 0.5) is 0 Å². The van der Waals surface area contributed by atoms with Crippen molar-refractivity contribution in [1.82, 2.24) is 10.2 Å². The van der Waals surface area contributed by atoms with Gasteiger partial charge in [-0.25, -0.2) is 0 Å². The summed E-state index contributed by atoms with van der Waals surface area (Å²) >= 11 is 0. The van der Waals surface area contributed by atoms with Crippen molar-refractivity contribution in [3.63, 3.8) is 0 Å². The fourth-order valence-electron chi connectivity index (χ4n) is 3.81. The summed E-state index contributed by atoms with van der Waals surface area (Å²) in [5.74, 6) is 0. The highest BCUT2D eigenvalue weighted by molar-refractivity contribution is 5.01. The minimum absolute atomic E-state index is 0.439. The summed E-state index contributed by atoms with van der Waals surface area (Å²) in [6.07, 6.45) is 9.75.